The van der Waals surface area contributed by atoms with Crippen molar-refractivity contribution in [3.05, 3.63) is 45.8 Å². The van der Waals surface area contributed by atoms with E-state index in [9.17, 15) is 9.59 Å². The standard InChI is InChI=1S/C15H16ClN3O4/c1-4-11-13(8(2)23-19-11)15(21)18-17-14(20)10-7-9(16)5-6-12(10)22-3/h5-7H,4H2,1-3H3,(H,17,20)(H,18,21). The van der Waals surface area contributed by atoms with Crippen LogP contribution in [0, 0.1) is 6.92 Å². The summed E-state index contributed by atoms with van der Waals surface area (Å²) in [5.41, 5.74) is 5.69. The number of hydrogen-bond acceptors (Lipinski definition) is 5. The number of rotatable bonds is 4. The van der Waals surface area contributed by atoms with Crippen LogP contribution in [0.15, 0.2) is 22.7 Å². The lowest BCUT2D eigenvalue weighted by Crippen LogP contribution is -2.42. The zero-order chi connectivity index (χ0) is 17.0. The van der Waals surface area contributed by atoms with E-state index >= 15 is 0 Å². The van der Waals surface area contributed by atoms with Gasteiger partial charge in [-0.3, -0.25) is 20.4 Å². The van der Waals surface area contributed by atoms with Gasteiger partial charge in [-0.15, -0.1) is 0 Å². The molecule has 0 spiro atoms. The van der Waals surface area contributed by atoms with E-state index in [1.165, 1.54) is 13.2 Å². The van der Waals surface area contributed by atoms with Gasteiger partial charge in [-0.05, 0) is 31.5 Å². The molecule has 0 saturated carbocycles. The van der Waals surface area contributed by atoms with Gasteiger partial charge in [0.1, 0.15) is 17.1 Å². The number of benzene rings is 1. The first-order valence-electron chi connectivity index (χ1n) is 6.87. The van der Waals surface area contributed by atoms with Gasteiger partial charge in [0.15, 0.2) is 0 Å². The molecule has 0 aliphatic heterocycles. The van der Waals surface area contributed by atoms with Gasteiger partial charge in [0.05, 0.1) is 18.4 Å². The number of amides is 2. The molecule has 2 amide bonds. The fourth-order valence-electron chi connectivity index (χ4n) is 2.05. The Bertz CT molecular complexity index is 742. The summed E-state index contributed by atoms with van der Waals surface area (Å²) in [5, 5.41) is 4.17. The predicted octanol–water partition coefficient (Wildman–Crippen LogP) is 2.28. The van der Waals surface area contributed by atoms with Crippen LogP contribution in [-0.4, -0.2) is 24.1 Å². The quantitative estimate of drug-likeness (QED) is 0.835. The molecule has 0 aliphatic rings. The third kappa shape index (κ3) is 3.62. The van der Waals surface area contributed by atoms with Gasteiger partial charge in [0, 0.05) is 5.02 Å². The zero-order valence-electron chi connectivity index (χ0n) is 12.9. The van der Waals surface area contributed by atoms with Crippen molar-refractivity contribution in [1.29, 1.82) is 0 Å². The van der Waals surface area contributed by atoms with Gasteiger partial charge in [-0.25, -0.2) is 0 Å². The van der Waals surface area contributed by atoms with Crippen molar-refractivity contribution >= 4 is 23.4 Å². The molecule has 8 heteroatoms. The fourth-order valence-corrected chi connectivity index (χ4v) is 2.22. The van der Waals surface area contributed by atoms with Crippen molar-refractivity contribution in [2.24, 2.45) is 0 Å². The molecule has 1 heterocycles. The second-order valence-electron chi connectivity index (χ2n) is 4.67. The van der Waals surface area contributed by atoms with E-state index in [2.05, 4.69) is 16.0 Å². The van der Waals surface area contributed by atoms with Crippen molar-refractivity contribution in [3.8, 4) is 5.75 Å². The Balaban J connectivity index is 2.11. The molecule has 23 heavy (non-hydrogen) atoms. The van der Waals surface area contributed by atoms with Crippen molar-refractivity contribution in [2.75, 3.05) is 7.11 Å². The number of methoxy groups -OCH3 is 1. The lowest BCUT2D eigenvalue weighted by atomic mass is 10.1. The number of ether oxygens (including phenoxy) is 1. The summed E-state index contributed by atoms with van der Waals surface area (Å²) in [7, 11) is 1.44. The highest BCUT2D eigenvalue weighted by Crippen LogP contribution is 2.22. The van der Waals surface area contributed by atoms with Crippen LogP contribution in [0.2, 0.25) is 5.02 Å². The lowest BCUT2D eigenvalue weighted by Gasteiger charge is -2.10. The molecule has 0 unspecified atom stereocenters. The van der Waals surface area contributed by atoms with Crippen LogP contribution in [0.3, 0.4) is 0 Å². The second kappa shape index (κ2) is 7.15. The molecule has 0 aliphatic carbocycles. The molecule has 2 rings (SSSR count). The van der Waals surface area contributed by atoms with E-state index in [1.54, 1.807) is 19.1 Å². The Hall–Kier alpha value is -2.54. The zero-order valence-corrected chi connectivity index (χ0v) is 13.7. The number of hydrazine groups is 1. The molecular formula is C15H16ClN3O4. The Morgan fingerprint density at radius 3 is 2.65 bits per heavy atom. The van der Waals surface area contributed by atoms with Crippen molar-refractivity contribution in [1.82, 2.24) is 16.0 Å². The molecule has 2 N–H and O–H groups in total. The van der Waals surface area contributed by atoms with Crippen LogP contribution in [0.5, 0.6) is 5.75 Å². The van der Waals surface area contributed by atoms with E-state index in [1.807, 2.05) is 6.92 Å². The van der Waals surface area contributed by atoms with E-state index in [-0.39, 0.29) is 5.56 Å². The number of nitrogens with zero attached hydrogens (tertiary/aromatic N) is 1. The van der Waals surface area contributed by atoms with Crippen LogP contribution in [-0.2, 0) is 6.42 Å². The van der Waals surface area contributed by atoms with Gasteiger partial charge in [0.2, 0.25) is 0 Å². The Kier molecular flexibility index (Phi) is 5.23. The molecular weight excluding hydrogens is 322 g/mol. The monoisotopic (exact) mass is 337 g/mol. The first-order chi connectivity index (χ1) is 11.0. The molecule has 0 bridgehead atoms. The molecule has 0 radical (unpaired) electrons. The smallest absolute Gasteiger partial charge is 0.275 e. The lowest BCUT2D eigenvalue weighted by molar-refractivity contribution is 0.0843. The highest BCUT2D eigenvalue weighted by Gasteiger charge is 2.20. The number of aromatic nitrogens is 1. The Morgan fingerprint density at radius 2 is 2.00 bits per heavy atom. The largest absolute Gasteiger partial charge is 0.496 e. The van der Waals surface area contributed by atoms with Crippen LogP contribution in [0.25, 0.3) is 0 Å². The van der Waals surface area contributed by atoms with Crippen molar-refractivity contribution in [2.45, 2.75) is 20.3 Å². The Labute approximate surface area is 137 Å². The van der Waals surface area contributed by atoms with E-state index in [0.717, 1.165) is 0 Å². The third-order valence-electron chi connectivity index (χ3n) is 3.19. The Morgan fingerprint density at radius 1 is 1.30 bits per heavy atom. The highest BCUT2D eigenvalue weighted by molar-refractivity contribution is 6.31. The summed E-state index contributed by atoms with van der Waals surface area (Å²) in [6.45, 7) is 3.48. The molecule has 122 valence electrons. The first kappa shape index (κ1) is 16.8. The molecule has 1 aromatic carbocycles. The molecule has 0 saturated heterocycles. The number of aryl methyl sites for hydroxylation is 2. The van der Waals surface area contributed by atoms with Crippen LogP contribution in [0.1, 0.15) is 39.1 Å². The SMILES string of the molecule is CCc1noc(C)c1C(=O)NNC(=O)c1cc(Cl)ccc1OC. The minimum absolute atomic E-state index is 0.207. The summed E-state index contributed by atoms with van der Waals surface area (Å²) in [6, 6.07) is 4.62. The third-order valence-corrected chi connectivity index (χ3v) is 3.43. The summed E-state index contributed by atoms with van der Waals surface area (Å²) in [6.07, 6.45) is 0.538. The van der Waals surface area contributed by atoms with Crippen molar-refractivity contribution in [3.63, 3.8) is 0 Å². The van der Waals surface area contributed by atoms with Crippen LogP contribution in [0.4, 0.5) is 0 Å². The maximum absolute atomic E-state index is 12.2. The maximum Gasteiger partial charge on any atom is 0.275 e. The second-order valence-corrected chi connectivity index (χ2v) is 5.10. The summed E-state index contributed by atoms with van der Waals surface area (Å²) < 4.78 is 10.1. The summed E-state index contributed by atoms with van der Waals surface area (Å²) >= 11 is 5.88. The van der Waals surface area contributed by atoms with Crippen LogP contribution >= 0.6 is 11.6 Å². The van der Waals surface area contributed by atoms with Gasteiger partial charge < -0.3 is 9.26 Å². The predicted molar refractivity (Wildman–Crippen MR) is 83.6 cm³/mol. The van der Waals surface area contributed by atoms with Gasteiger partial charge in [-0.1, -0.05) is 23.7 Å². The topological polar surface area (TPSA) is 93.5 Å². The summed E-state index contributed by atoms with van der Waals surface area (Å²) in [4.78, 5) is 24.4. The van der Waals surface area contributed by atoms with Gasteiger partial charge in [0.25, 0.3) is 11.8 Å². The summed E-state index contributed by atoms with van der Waals surface area (Å²) in [5.74, 6) is -0.328. The van der Waals surface area contributed by atoms with Crippen molar-refractivity contribution < 1.29 is 18.8 Å². The number of carbonyl (C=O) groups is 2. The number of halogens is 1. The molecule has 2 aromatic rings. The fraction of sp³-hybridized carbons (Fsp3) is 0.267. The average Bonchev–Trinajstić information content (AvgIpc) is 2.93. The molecule has 0 atom stereocenters. The maximum atomic E-state index is 12.2. The van der Waals surface area contributed by atoms with E-state index < -0.39 is 11.8 Å². The number of nitrogens with one attached hydrogen (secondary N) is 2. The average molecular weight is 338 g/mol. The number of carbonyl (C=O) groups excluding carboxylic acids is 2. The molecule has 0 fully saturated rings. The van der Waals surface area contributed by atoms with E-state index in [0.29, 0.717) is 34.2 Å². The normalized spacial score (nSPS) is 10.3. The van der Waals surface area contributed by atoms with Gasteiger partial charge in [-0.2, -0.15) is 0 Å². The van der Waals surface area contributed by atoms with Crippen LogP contribution < -0.4 is 15.6 Å². The number of hydrogen-bond donors (Lipinski definition) is 2. The van der Waals surface area contributed by atoms with E-state index in [4.69, 9.17) is 20.9 Å². The molecule has 1 aromatic heterocycles. The minimum Gasteiger partial charge on any atom is -0.496 e. The highest BCUT2D eigenvalue weighted by atomic mass is 35.5. The molecule has 7 nitrogen and oxygen atoms in total. The minimum atomic E-state index is -0.551. The first-order valence-corrected chi connectivity index (χ1v) is 7.25. The van der Waals surface area contributed by atoms with Gasteiger partial charge >= 0.3 is 0 Å².